The van der Waals surface area contributed by atoms with E-state index in [-0.39, 0.29) is 5.82 Å². The molecule has 0 N–H and O–H groups in total. The van der Waals surface area contributed by atoms with E-state index in [1.54, 1.807) is 12.1 Å². The molecule has 1 aromatic rings. The first kappa shape index (κ1) is 12.6. The molecule has 1 aliphatic carbocycles. The van der Waals surface area contributed by atoms with Crippen LogP contribution in [0.4, 0.5) is 4.39 Å². The van der Waals surface area contributed by atoms with Crippen molar-refractivity contribution in [2.24, 2.45) is 5.92 Å². The summed E-state index contributed by atoms with van der Waals surface area (Å²) in [5.74, 6) is 1.30. The highest BCUT2D eigenvalue weighted by Crippen LogP contribution is 2.36. The molecule has 1 aliphatic rings. The molecule has 94 valence electrons. The van der Waals surface area contributed by atoms with Crippen molar-refractivity contribution in [3.63, 3.8) is 0 Å². The highest BCUT2D eigenvalue weighted by molar-refractivity contribution is 5.21. The Morgan fingerprint density at radius 1 is 1.18 bits per heavy atom. The molecular formula is C15H22FN. The Morgan fingerprint density at radius 3 is 2.53 bits per heavy atom. The Balaban J connectivity index is 1.99. The number of nitrogens with zero attached hydrogens (tertiary/aromatic N) is 1. The second-order valence-corrected chi connectivity index (χ2v) is 5.54. The minimum atomic E-state index is -0.130. The molecule has 0 heterocycles. The van der Waals surface area contributed by atoms with Gasteiger partial charge in [0.05, 0.1) is 0 Å². The molecule has 2 unspecified atom stereocenters. The highest BCUT2D eigenvalue weighted by Gasteiger charge is 2.23. The van der Waals surface area contributed by atoms with Gasteiger partial charge in [-0.1, -0.05) is 18.6 Å². The maximum Gasteiger partial charge on any atom is 0.123 e. The van der Waals surface area contributed by atoms with E-state index in [4.69, 9.17) is 0 Å². The predicted octanol–water partition coefficient (Wildman–Crippen LogP) is 3.66. The van der Waals surface area contributed by atoms with Crippen molar-refractivity contribution in [2.75, 3.05) is 20.6 Å². The first-order valence-electron chi connectivity index (χ1n) is 6.55. The lowest BCUT2D eigenvalue weighted by Gasteiger charge is -2.31. The van der Waals surface area contributed by atoms with Crippen molar-refractivity contribution in [1.82, 2.24) is 4.90 Å². The van der Waals surface area contributed by atoms with Crippen molar-refractivity contribution in [3.05, 3.63) is 35.6 Å². The molecule has 0 spiro atoms. The van der Waals surface area contributed by atoms with Gasteiger partial charge in [0.1, 0.15) is 5.82 Å². The molecule has 0 aliphatic heterocycles. The average molecular weight is 235 g/mol. The Morgan fingerprint density at radius 2 is 1.88 bits per heavy atom. The summed E-state index contributed by atoms with van der Waals surface area (Å²) < 4.78 is 12.9. The van der Waals surface area contributed by atoms with Crippen LogP contribution in [0.15, 0.2) is 24.3 Å². The Kier molecular flexibility index (Phi) is 4.16. The summed E-state index contributed by atoms with van der Waals surface area (Å²) in [7, 11) is 4.28. The van der Waals surface area contributed by atoms with Gasteiger partial charge in [-0.2, -0.15) is 0 Å². The van der Waals surface area contributed by atoms with Gasteiger partial charge < -0.3 is 4.90 Å². The third kappa shape index (κ3) is 3.53. The molecule has 0 aromatic heterocycles. The molecular weight excluding hydrogens is 213 g/mol. The van der Waals surface area contributed by atoms with Crippen molar-refractivity contribution in [1.29, 1.82) is 0 Å². The second-order valence-electron chi connectivity index (χ2n) is 5.54. The van der Waals surface area contributed by atoms with Crippen LogP contribution in [0.1, 0.15) is 37.2 Å². The Bertz CT molecular complexity index is 344. The monoisotopic (exact) mass is 235 g/mol. The summed E-state index contributed by atoms with van der Waals surface area (Å²) in [4.78, 5) is 2.28. The quantitative estimate of drug-likeness (QED) is 0.773. The number of benzene rings is 1. The van der Waals surface area contributed by atoms with Crippen molar-refractivity contribution >= 4 is 0 Å². The first-order chi connectivity index (χ1) is 8.15. The van der Waals surface area contributed by atoms with E-state index < -0.39 is 0 Å². The topological polar surface area (TPSA) is 3.24 Å². The molecule has 2 heteroatoms. The number of rotatable bonds is 3. The molecule has 0 radical (unpaired) electrons. The van der Waals surface area contributed by atoms with Crippen LogP contribution >= 0.6 is 0 Å². The molecule has 0 amide bonds. The molecule has 1 aromatic carbocycles. The zero-order valence-corrected chi connectivity index (χ0v) is 10.8. The van der Waals surface area contributed by atoms with Gasteiger partial charge in [-0.15, -0.1) is 0 Å². The lowest BCUT2D eigenvalue weighted by atomic mass is 9.78. The van der Waals surface area contributed by atoms with Gasteiger partial charge in [-0.3, -0.25) is 0 Å². The van der Waals surface area contributed by atoms with Gasteiger partial charge in [0.2, 0.25) is 0 Å². The van der Waals surface area contributed by atoms with Crippen LogP contribution in [-0.4, -0.2) is 25.5 Å². The minimum Gasteiger partial charge on any atom is -0.309 e. The van der Waals surface area contributed by atoms with E-state index in [1.807, 2.05) is 12.1 Å². The van der Waals surface area contributed by atoms with E-state index >= 15 is 0 Å². The molecule has 17 heavy (non-hydrogen) atoms. The molecule has 2 atom stereocenters. The van der Waals surface area contributed by atoms with E-state index in [1.165, 1.54) is 37.8 Å². The number of hydrogen-bond acceptors (Lipinski definition) is 1. The molecule has 1 fully saturated rings. The predicted molar refractivity (Wildman–Crippen MR) is 69.7 cm³/mol. The second kappa shape index (κ2) is 5.63. The molecule has 1 saturated carbocycles. The van der Waals surface area contributed by atoms with E-state index in [0.717, 1.165) is 5.92 Å². The zero-order valence-electron chi connectivity index (χ0n) is 10.8. The van der Waals surface area contributed by atoms with E-state index in [2.05, 4.69) is 19.0 Å². The largest absolute Gasteiger partial charge is 0.309 e. The molecule has 2 rings (SSSR count). The Labute approximate surface area is 104 Å². The summed E-state index contributed by atoms with van der Waals surface area (Å²) in [6, 6.07) is 7.09. The third-order valence-electron chi connectivity index (χ3n) is 3.75. The van der Waals surface area contributed by atoms with E-state index in [9.17, 15) is 4.39 Å². The van der Waals surface area contributed by atoms with Crippen LogP contribution in [0.25, 0.3) is 0 Å². The standard InChI is InChI=1S/C15H22FN/c1-17(2)11-12-4-3-5-14(10-12)13-6-8-15(16)9-7-13/h6-9,12,14H,3-5,10-11H2,1-2H3. The molecule has 0 bridgehead atoms. The van der Waals surface area contributed by atoms with Gasteiger partial charge in [-0.25, -0.2) is 4.39 Å². The molecule has 1 nitrogen and oxygen atoms in total. The van der Waals surface area contributed by atoms with Crippen LogP contribution in [-0.2, 0) is 0 Å². The van der Waals surface area contributed by atoms with Crippen LogP contribution < -0.4 is 0 Å². The van der Waals surface area contributed by atoms with Gasteiger partial charge in [0.25, 0.3) is 0 Å². The van der Waals surface area contributed by atoms with Crippen LogP contribution in [0.2, 0.25) is 0 Å². The summed E-state index contributed by atoms with van der Waals surface area (Å²) in [6.45, 7) is 1.18. The van der Waals surface area contributed by atoms with Crippen LogP contribution in [0, 0.1) is 11.7 Å². The lowest BCUT2D eigenvalue weighted by Crippen LogP contribution is -2.25. The first-order valence-corrected chi connectivity index (χ1v) is 6.55. The van der Waals surface area contributed by atoms with Gasteiger partial charge >= 0.3 is 0 Å². The normalized spacial score (nSPS) is 25.2. The fourth-order valence-corrected chi connectivity index (χ4v) is 3.01. The highest BCUT2D eigenvalue weighted by atomic mass is 19.1. The van der Waals surface area contributed by atoms with Crippen molar-refractivity contribution in [2.45, 2.75) is 31.6 Å². The average Bonchev–Trinajstić information content (AvgIpc) is 2.29. The maximum absolute atomic E-state index is 12.9. The van der Waals surface area contributed by atoms with Crippen molar-refractivity contribution < 1.29 is 4.39 Å². The number of halogens is 1. The Hall–Kier alpha value is -0.890. The van der Waals surface area contributed by atoms with Crippen LogP contribution in [0.5, 0.6) is 0 Å². The smallest absolute Gasteiger partial charge is 0.123 e. The molecule has 0 saturated heterocycles. The maximum atomic E-state index is 12.9. The third-order valence-corrected chi connectivity index (χ3v) is 3.75. The number of hydrogen-bond donors (Lipinski definition) is 0. The van der Waals surface area contributed by atoms with Gasteiger partial charge in [0.15, 0.2) is 0 Å². The zero-order chi connectivity index (χ0) is 12.3. The van der Waals surface area contributed by atoms with Gasteiger partial charge in [-0.05, 0) is 62.9 Å². The van der Waals surface area contributed by atoms with E-state index in [0.29, 0.717) is 5.92 Å². The summed E-state index contributed by atoms with van der Waals surface area (Å²) >= 11 is 0. The fourth-order valence-electron chi connectivity index (χ4n) is 3.01. The summed E-state index contributed by atoms with van der Waals surface area (Å²) in [5, 5.41) is 0. The van der Waals surface area contributed by atoms with Crippen LogP contribution in [0.3, 0.4) is 0 Å². The summed E-state index contributed by atoms with van der Waals surface area (Å²) in [5.41, 5.74) is 1.31. The minimum absolute atomic E-state index is 0.130. The lowest BCUT2D eigenvalue weighted by molar-refractivity contribution is 0.246. The fraction of sp³-hybridized carbons (Fsp3) is 0.600. The van der Waals surface area contributed by atoms with Crippen molar-refractivity contribution in [3.8, 4) is 0 Å². The SMILES string of the molecule is CN(C)CC1CCCC(c2ccc(F)cc2)C1. The van der Waals surface area contributed by atoms with Gasteiger partial charge in [0, 0.05) is 6.54 Å². The summed E-state index contributed by atoms with van der Waals surface area (Å²) in [6.07, 6.45) is 5.16.